The van der Waals surface area contributed by atoms with Gasteiger partial charge in [0.25, 0.3) is 0 Å². The minimum Gasteiger partial charge on any atom is -0.497 e. The number of anilines is 1. The zero-order valence-corrected chi connectivity index (χ0v) is 15.2. The van der Waals surface area contributed by atoms with Crippen LogP contribution in [0.25, 0.3) is 0 Å². The number of methoxy groups -OCH3 is 1. The predicted octanol–water partition coefficient (Wildman–Crippen LogP) is 5.96. The summed E-state index contributed by atoms with van der Waals surface area (Å²) in [6.07, 6.45) is 0. The molecule has 0 aliphatic carbocycles. The molecule has 0 unspecified atom stereocenters. The molecule has 0 aromatic heterocycles. The zero-order valence-electron chi connectivity index (χ0n) is 13.6. The summed E-state index contributed by atoms with van der Waals surface area (Å²) in [5, 5.41) is 4.02. The third kappa shape index (κ3) is 5.24. The Balaban J connectivity index is 0.00000225. The highest BCUT2D eigenvalue weighted by Crippen LogP contribution is 2.20. The summed E-state index contributed by atoms with van der Waals surface area (Å²) in [6, 6.07) is 25.1. The highest BCUT2D eigenvalue weighted by molar-refractivity contribution is 6.31. The first-order valence-corrected chi connectivity index (χ1v) is 7.93. The second-order valence-electron chi connectivity index (χ2n) is 5.16. The minimum atomic E-state index is 0. The van der Waals surface area contributed by atoms with E-state index in [1.54, 1.807) is 7.11 Å². The molecule has 0 fully saturated rings. The quantitative estimate of drug-likeness (QED) is 0.452. The van der Waals surface area contributed by atoms with Crippen molar-refractivity contribution in [2.45, 2.75) is 0 Å². The SMILES string of the molecule is COc1ccc(C(=Nc2ccccc2)Nc2cccc(Cl)c2)cc1.Cl. The fraction of sp³-hybridized carbons (Fsp3) is 0.0500. The summed E-state index contributed by atoms with van der Waals surface area (Å²) < 4.78 is 5.22. The zero-order chi connectivity index (χ0) is 16.8. The van der Waals surface area contributed by atoms with Crippen LogP contribution in [-0.4, -0.2) is 12.9 Å². The summed E-state index contributed by atoms with van der Waals surface area (Å²) in [7, 11) is 1.65. The van der Waals surface area contributed by atoms with Crippen molar-refractivity contribution in [3.8, 4) is 5.75 Å². The van der Waals surface area contributed by atoms with Gasteiger partial charge in [0.15, 0.2) is 0 Å². The standard InChI is InChI=1S/C20H17ClN2O.ClH/c1-24-19-12-10-15(11-13-19)20(22-17-7-3-2-4-8-17)23-18-9-5-6-16(21)14-18;/h2-14H,1H3,(H,22,23);1H. The number of hydrogen-bond acceptors (Lipinski definition) is 2. The number of amidine groups is 1. The Bertz CT molecular complexity index is 834. The molecule has 0 bridgehead atoms. The van der Waals surface area contributed by atoms with Gasteiger partial charge in [0, 0.05) is 16.3 Å². The predicted molar refractivity (Wildman–Crippen MR) is 108 cm³/mol. The van der Waals surface area contributed by atoms with Gasteiger partial charge in [-0.25, -0.2) is 4.99 Å². The Hall–Kier alpha value is -2.49. The Labute approximate surface area is 158 Å². The largest absolute Gasteiger partial charge is 0.497 e. The Morgan fingerprint density at radius 2 is 1.64 bits per heavy atom. The summed E-state index contributed by atoms with van der Waals surface area (Å²) in [6.45, 7) is 0. The van der Waals surface area contributed by atoms with E-state index in [2.05, 4.69) is 5.32 Å². The van der Waals surface area contributed by atoms with E-state index < -0.39 is 0 Å². The number of hydrogen-bond donors (Lipinski definition) is 1. The van der Waals surface area contributed by atoms with Crippen LogP contribution in [0, 0.1) is 0 Å². The van der Waals surface area contributed by atoms with E-state index >= 15 is 0 Å². The molecule has 0 heterocycles. The van der Waals surface area contributed by atoms with E-state index in [1.807, 2.05) is 78.9 Å². The molecule has 5 heteroatoms. The molecule has 0 saturated carbocycles. The molecule has 25 heavy (non-hydrogen) atoms. The first-order valence-electron chi connectivity index (χ1n) is 7.55. The van der Waals surface area contributed by atoms with Gasteiger partial charge in [0.05, 0.1) is 12.8 Å². The van der Waals surface area contributed by atoms with Crippen LogP contribution < -0.4 is 10.1 Å². The molecular weight excluding hydrogens is 355 g/mol. The normalized spacial score (nSPS) is 10.7. The second-order valence-corrected chi connectivity index (χ2v) is 5.60. The fourth-order valence-electron chi connectivity index (χ4n) is 2.25. The van der Waals surface area contributed by atoms with Crippen molar-refractivity contribution in [2.24, 2.45) is 4.99 Å². The number of para-hydroxylation sites is 1. The van der Waals surface area contributed by atoms with Crippen LogP contribution in [0.1, 0.15) is 5.56 Å². The van der Waals surface area contributed by atoms with Crippen LogP contribution in [0.2, 0.25) is 5.02 Å². The topological polar surface area (TPSA) is 33.6 Å². The third-order valence-electron chi connectivity index (χ3n) is 3.45. The van der Waals surface area contributed by atoms with Crippen LogP contribution in [0.5, 0.6) is 5.75 Å². The van der Waals surface area contributed by atoms with Gasteiger partial charge in [-0.15, -0.1) is 12.4 Å². The second kappa shape index (κ2) is 9.11. The molecule has 128 valence electrons. The fourth-order valence-corrected chi connectivity index (χ4v) is 2.44. The minimum absolute atomic E-state index is 0. The van der Waals surface area contributed by atoms with Gasteiger partial charge in [-0.05, 0) is 54.6 Å². The van der Waals surface area contributed by atoms with Crippen molar-refractivity contribution in [1.82, 2.24) is 0 Å². The summed E-state index contributed by atoms with van der Waals surface area (Å²) >= 11 is 6.08. The molecule has 3 rings (SSSR count). The van der Waals surface area contributed by atoms with E-state index in [1.165, 1.54) is 0 Å². The van der Waals surface area contributed by atoms with E-state index in [-0.39, 0.29) is 12.4 Å². The van der Waals surface area contributed by atoms with E-state index in [0.717, 1.165) is 28.5 Å². The monoisotopic (exact) mass is 372 g/mol. The van der Waals surface area contributed by atoms with Gasteiger partial charge >= 0.3 is 0 Å². The molecule has 0 radical (unpaired) electrons. The lowest BCUT2D eigenvalue weighted by Gasteiger charge is -2.11. The van der Waals surface area contributed by atoms with Gasteiger partial charge in [-0.2, -0.15) is 0 Å². The summed E-state index contributed by atoms with van der Waals surface area (Å²) in [5.41, 5.74) is 2.71. The van der Waals surface area contributed by atoms with Gasteiger partial charge in [0.2, 0.25) is 0 Å². The van der Waals surface area contributed by atoms with Gasteiger partial charge in [0.1, 0.15) is 11.6 Å². The maximum Gasteiger partial charge on any atom is 0.138 e. The van der Waals surface area contributed by atoms with Crippen molar-refractivity contribution < 1.29 is 4.74 Å². The van der Waals surface area contributed by atoms with Crippen LogP contribution >= 0.6 is 24.0 Å². The molecular formula is C20H18Cl2N2O. The van der Waals surface area contributed by atoms with E-state index in [0.29, 0.717) is 5.02 Å². The van der Waals surface area contributed by atoms with Gasteiger partial charge in [-0.3, -0.25) is 0 Å². The average Bonchev–Trinajstić information content (AvgIpc) is 2.62. The maximum absolute atomic E-state index is 6.08. The number of aliphatic imine (C=N–C) groups is 1. The molecule has 0 atom stereocenters. The first kappa shape index (κ1) is 18.8. The number of benzene rings is 3. The highest BCUT2D eigenvalue weighted by Gasteiger charge is 2.06. The maximum atomic E-state index is 6.08. The lowest BCUT2D eigenvalue weighted by atomic mass is 10.2. The molecule has 0 amide bonds. The van der Waals surface area contributed by atoms with Crippen molar-refractivity contribution >= 4 is 41.2 Å². The number of rotatable bonds is 4. The number of ether oxygens (including phenoxy) is 1. The van der Waals surface area contributed by atoms with E-state index in [9.17, 15) is 0 Å². The first-order chi connectivity index (χ1) is 11.7. The number of nitrogens with one attached hydrogen (secondary N) is 1. The molecule has 0 aliphatic heterocycles. The van der Waals surface area contributed by atoms with Crippen molar-refractivity contribution in [2.75, 3.05) is 12.4 Å². The smallest absolute Gasteiger partial charge is 0.138 e. The molecule has 0 spiro atoms. The molecule has 0 saturated heterocycles. The summed E-state index contributed by atoms with van der Waals surface area (Å²) in [4.78, 5) is 4.73. The molecule has 3 nitrogen and oxygen atoms in total. The van der Waals surface area contributed by atoms with Gasteiger partial charge < -0.3 is 10.1 Å². The number of halogens is 2. The van der Waals surface area contributed by atoms with Crippen molar-refractivity contribution in [1.29, 1.82) is 0 Å². The molecule has 3 aromatic carbocycles. The molecule has 1 N–H and O–H groups in total. The Morgan fingerprint density at radius 3 is 2.28 bits per heavy atom. The Kier molecular flexibility index (Phi) is 6.87. The van der Waals surface area contributed by atoms with Crippen LogP contribution in [0.15, 0.2) is 83.9 Å². The molecule has 0 aliphatic rings. The van der Waals surface area contributed by atoms with Gasteiger partial charge in [-0.1, -0.05) is 35.9 Å². The van der Waals surface area contributed by atoms with Crippen LogP contribution in [0.4, 0.5) is 11.4 Å². The van der Waals surface area contributed by atoms with Crippen LogP contribution in [0.3, 0.4) is 0 Å². The molecule has 3 aromatic rings. The highest BCUT2D eigenvalue weighted by atomic mass is 35.5. The Morgan fingerprint density at radius 1 is 0.920 bits per heavy atom. The van der Waals surface area contributed by atoms with Crippen molar-refractivity contribution in [3.63, 3.8) is 0 Å². The van der Waals surface area contributed by atoms with Crippen molar-refractivity contribution in [3.05, 3.63) is 89.4 Å². The number of nitrogens with zero attached hydrogens (tertiary/aromatic N) is 1. The lowest BCUT2D eigenvalue weighted by Crippen LogP contribution is -2.13. The summed E-state index contributed by atoms with van der Waals surface area (Å²) in [5.74, 6) is 1.55. The average molecular weight is 373 g/mol. The lowest BCUT2D eigenvalue weighted by molar-refractivity contribution is 0.415. The van der Waals surface area contributed by atoms with Crippen LogP contribution in [-0.2, 0) is 0 Å². The van der Waals surface area contributed by atoms with E-state index in [4.69, 9.17) is 21.3 Å². The third-order valence-corrected chi connectivity index (χ3v) is 3.68.